The molecule has 210 valence electrons. The highest BCUT2D eigenvalue weighted by atomic mass is 28.3. The zero-order valence-electron chi connectivity index (χ0n) is 23.7. The highest BCUT2D eigenvalue weighted by Crippen LogP contribution is 2.33. The van der Waals surface area contributed by atoms with Gasteiger partial charge in [0.15, 0.2) is 0 Å². The fourth-order valence-electron chi connectivity index (χ4n) is 6.51. The molecule has 3 aliphatic heterocycles. The largest absolute Gasteiger partial charge is 0.542 e. The maximum Gasteiger partial charge on any atom is 0.430 e. The van der Waals surface area contributed by atoms with Crippen molar-refractivity contribution < 1.29 is 23.1 Å². The predicted octanol–water partition coefficient (Wildman–Crippen LogP) is 2.13. The van der Waals surface area contributed by atoms with Gasteiger partial charge < -0.3 is 14.8 Å². The maximum absolute atomic E-state index is 10.5. The van der Waals surface area contributed by atoms with E-state index >= 15 is 0 Å². The number of carboxylic acids is 1. The van der Waals surface area contributed by atoms with Crippen LogP contribution in [0.2, 0.25) is 13.1 Å². The average Bonchev–Trinajstić information content (AvgIpc) is 2.89. The molecular weight excluding hydrogens is 529 g/mol. The Balaban J connectivity index is 0.000000411. The lowest BCUT2D eigenvalue weighted by atomic mass is 9.88. The van der Waals surface area contributed by atoms with Crippen molar-refractivity contribution in [3.05, 3.63) is 86.9 Å². The van der Waals surface area contributed by atoms with Crippen LogP contribution in [-0.2, 0) is 17.6 Å². The summed E-state index contributed by atoms with van der Waals surface area (Å²) in [5.74, 6) is -3.01. The van der Waals surface area contributed by atoms with Crippen molar-refractivity contribution >= 4 is 35.7 Å². The molecule has 3 heterocycles. The van der Waals surface area contributed by atoms with Crippen LogP contribution in [-0.4, -0.2) is 47.4 Å². The van der Waals surface area contributed by atoms with E-state index in [0.29, 0.717) is 0 Å². The fraction of sp³-hybridized carbons (Fsp3) is 0.375. The number of hydrogen-bond donors (Lipinski definition) is 0. The van der Waals surface area contributed by atoms with Gasteiger partial charge in [0, 0.05) is 37.3 Å². The van der Waals surface area contributed by atoms with Crippen LogP contribution in [0.3, 0.4) is 0 Å². The van der Waals surface area contributed by atoms with Crippen LogP contribution in [0.5, 0.6) is 0 Å². The van der Waals surface area contributed by atoms with Crippen molar-refractivity contribution in [2.75, 3.05) is 32.1 Å². The van der Waals surface area contributed by atoms with Gasteiger partial charge in [-0.1, -0.05) is 37.4 Å². The number of carbonyl (C=O) groups excluding carboxylic acids is 1. The molecule has 0 spiro atoms. The van der Waals surface area contributed by atoms with E-state index in [-0.39, 0.29) is 0 Å². The Hall–Kier alpha value is -3.39. The first-order valence-electron chi connectivity index (χ1n) is 13.8. The molecule has 4 nitrogen and oxygen atoms in total. The second-order valence-corrected chi connectivity index (χ2v) is 16.0. The van der Waals surface area contributed by atoms with Gasteiger partial charge in [0.1, 0.15) is 27.6 Å². The van der Waals surface area contributed by atoms with E-state index in [1.165, 1.54) is 75.3 Å². The fourth-order valence-corrected chi connectivity index (χ4v) is 9.54. The van der Waals surface area contributed by atoms with Gasteiger partial charge in [-0.2, -0.15) is 13.2 Å². The van der Waals surface area contributed by atoms with Gasteiger partial charge in [0.05, 0.1) is 0 Å². The van der Waals surface area contributed by atoms with E-state index < -0.39 is 20.2 Å². The molecule has 3 aromatic rings. The molecule has 0 fully saturated rings. The summed E-state index contributed by atoms with van der Waals surface area (Å²) in [5.41, 5.74) is 10.3. The summed E-state index contributed by atoms with van der Waals surface area (Å²) in [6.07, 6.45) is -0.311. The molecule has 0 unspecified atom stereocenters. The normalized spacial score (nSPS) is 17.1. The lowest BCUT2D eigenvalue weighted by Crippen LogP contribution is -2.64. The summed E-state index contributed by atoms with van der Waals surface area (Å²) in [5, 5.41) is 15.0. The first-order chi connectivity index (χ1) is 18.8. The molecular formula is C32H35F3N2O2Si. The number of carbonyl (C=O) groups is 1. The second-order valence-electron chi connectivity index (χ2n) is 11.7. The minimum atomic E-state index is -5.19. The lowest BCUT2D eigenvalue weighted by Gasteiger charge is -2.37. The highest BCUT2D eigenvalue weighted by molar-refractivity contribution is 7.01. The van der Waals surface area contributed by atoms with Gasteiger partial charge >= 0.3 is 6.18 Å². The van der Waals surface area contributed by atoms with E-state index in [1.807, 2.05) is 0 Å². The number of carboxylic acid groups (broad SMARTS) is 1. The summed E-state index contributed by atoms with van der Waals surface area (Å²) in [6, 6.07) is 19.3. The molecule has 0 saturated carbocycles. The summed E-state index contributed by atoms with van der Waals surface area (Å²) >= 11 is 0. The Morgan fingerprint density at radius 2 is 1.65 bits per heavy atom. The van der Waals surface area contributed by atoms with E-state index in [1.54, 1.807) is 10.4 Å². The first-order valence-corrected chi connectivity index (χ1v) is 16.8. The third kappa shape index (κ3) is 4.87. The summed E-state index contributed by atoms with van der Waals surface area (Å²) in [7, 11) is 2.67. The third-order valence-corrected chi connectivity index (χ3v) is 12.2. The van der Waals surface area contributed by atoms with Crippen LogP contribution in [0.1, 0.15) is 40.7 Å². The molecule has 0 aliphatic carbocycles. The van der Waals surface area contributed by atoms with E-state index in [4.69, 9.17) is 9.90 Å². The summed E-state index contributed by atoms with van der Waals surface area (Å²) < 4.78 is 34.0. The average molecular weight is 565 g/mol. The van der Waals surface area contributed by atoms with Crippen molar-refractivity contribution in [2.45, 2.75) is 51.9 Å². The highest BCUT2D eigenvalue weighted by Gasteiger charge is 2.38. The van der Waals surface area contributed by atoms with E-state index in [0.717, 1.165) is 13.1 Å². The number of anilines is 1. The number of nitrogens with zero attached hydrogens (tertiary/aromatic N) is 2. The molecule has 0 bridgehead atoms. The van der Waals surface area contributed by atoms with Crippen LogP contribution in [0, 0.1) is 6.92 Å². The number of aliphatic carboxylic acids is 1. The molecule has 8 heteroatoms. The van der Waals surface area contributed by atoms with Crippen LogP contribution in [0.15, 0.2) is 48.5 Å². The molecule has 0 atom stereocenters. The van der Waals surface area contributed by atoms with Crippen LogP contribution in [0.4, 0.5) is 18.9 Å². The van der Waals surface area contributed by atoms with Gasteiger partial charge in [0.2, 0.25) is 5.36 Å². The number of aryl methyl sites for hydroxylation is 3. The molecule has 0 saturated heterocycles. The van der Waals surface area contributed by atoms with E-state index in [2.05, 4.69) is 92.1 Å². The Labute approximate surface area is 234 Å². The number of hydrogen-bond acceptors (Lipinski definition) is 3. The quantitative estimate of drug-likeness (QED) is 0.336. The zero-order chi connectivity index (χ0) is 29.0. The van der Waals surface area contributed by atoms with Crippen molar-refractivity contribution in [3.8, 4) is 0 Å². The first kappa shape index (κ1) is 28.1. The molecule has 0 N–H and O–H groups in total. The third-order valence-electron chi connectivity index (χ3n) is 8.67. The number of alkyl halides is 3. The molecule has 0 aromatic heterocycles. The standard InChI is InChI=1S/C30H35N2Si.C2HF3O2/c1-20-10-6-7-13-23(20)30-24-16-21-11-8-14-31(2)26(21)18-28(24)33(4,5)29-19-27-22(17-25(29)30)12-9-15-32(27)3;3-2(4,5)1(6)7/h6-7,10,13,16-19H,8-9,11-12,14-15H2,1-5H3;(H,6,7)/q+1;/p-1. The number of fused-ring (bicyclic) bond motifs is 4. The van der Waals surface area contributed by atoms with Crippen LogP contribution >= 0.6 is 0 Å². The minimum Gasteiger partial charge on any atom is -0.542 e. The van der Waals surface area contributed by atoms with Crippen molar-refractivity contribution in [3.63, 3.8) is 0 Å². The Kier molecular flexibility index (Phi) is 7.19. The number of benzene rings is 3. The van der Waals surface area contributed by atoms with Gasteiger partial charge in [-0.3, -0.25) is 0 Å². The maximum atomic E-state index is 10.5. The second kappa shape index (κ2) is 10.2. The van der Waals surface area contributed by atoms with Crippen molar-refractivity contribution in [2.24, 2.45) is 0 Å². The predicted molar refractivity (Wildman–Crippen MR) is 155 cm³/mol. The SMILES string of the molecule is Cc1ccccc1C1=c2cc3c(cc2[Si](C)(C)c2cc4c(cc21)CCCN4C)=[N+](C)CCC3.O=C([O-])C(F)(F)F. The van der Waals surface area contributed by atoms with Crippen LogP contribution < -0.4 is 35.5 Å². The van der Waals surface area contributed by atoms with Gasteiger partial charge in [-0.05, 0) is 87.8 Å². The van der Waals surface area contributed by atoms with Crippen molar-refractivity contribution in [1.29, 1.82) is 0 Å². The van der Waals surface area contributed by atoms with Gasteiger partial charge in [0.25, 0.3) is 0 Å². The summed E-state index contributed by atoms with van der Waals surface area (Å²) in [6.45, 7) is 9.75. The Bertz CT molecular complexity index is 1640. The molecule has 3 aliphatic rings. The van der Waals surface area contributed by atoms with Crippen LogP contribution in [0.25, 0.3) is 5.57 Å². The topological polar surface area (TPSA) is 46.4 Å². The lowest BCUT2D eigenvalue weighted by molar-refractivity contribution is -0.344. The Morgan fingerprint density at radius 3 is 2.33 bits per heavy atom. The monoisotopic (exact) mass is 564 g/mol. The molecule has 0 amide bonds. The molecule has 40 heavy (non-hydrogen) atoms. The van der Waals surface area contributed by atoms with Crippen molar-refractivity contribution in [1.82, 2.24) is 4.58 Å². The Morgan fingerprint density at radius 1 is 0.975 bits per heavy atom. The molecule has 0 radical (unpaired) electrons. The number of rotatable bonds is 1. The smallest absolute Gasteiger partial charge is 0.430 e. The molecule has 6 rings (SSSR count). The summed E-state index contributed by atoms with van der Waals surface area (Å²) in [4.78, 5) is 11.3. The van der Waals surface area contributed by atoms with E-state index in [9.17, 15) is 13.2 Å². The van der Waals surface area contributed by atoms with Gasteiger partial charge in [-0.25, -0.2) is 4.58 Å². The zero-order valence-corrected chi connectivity index (χ0v) is 24.7. The molecule has 3 aromatic carbocycles. The van der Waals surface area contributed by atoms with Gasteiger partial charge in [-0.15, -0.1) is 0 Å². The number of halogens is 3. The minimum absolute atomic E-state index is 1.16.